The molecule has 0 atom stereocenters. The maximum absolute atomic E-state index is 13.1. The summed E-state index contributed by atoms with van der Waals surface area (Å²) in [7, 11) is 0. The summed E-state index contributed by atoms with van der Waals surface area (Å²) in [5, 5.41) is 4.70. The number of fused-ring (bicyclic) bond motifs is 5. The molecular weight excluding hydrogens is 312 g/mol. The molecule has 4 heteroatoms. The summed E-state index contributed by atoms with van der Waals surface area (Å²) in [5.74, 6) is 0.0112. The van der Waals surface area contributed by atoms with Crippen molar-refractivity contribution in [3.8, 4) is 11.3 Å². The first-order chi connectivity index (χ1) is 12.2. The molecule has 126 valence electrons. The van der Waals surface area contributed by atoms with Crippen LogP contribution < -0.4 is 10.9 Å². The number of hydrogen-bond donors (Lipinski definition) is 1. The standard InChI is InChI=1S/C21H20N2O2/c1-2-11-22-12-13-23-19-15-8-4-5-9-16(15)20(24)18(19)14-7-3-6-10-17(14)21(23)25/h3-10,22H,2,11-13H2,1H3. The van der Waals surface area contributed by atoms with Crippen LogP contribution in [0.1, 0.15) is 29.3 Å². The van der Waals surface area contributed by atoms with E-state index in [2.05, 4.69) is 12.2 Å². The van der Waals surface area contributed by atoms with Gasteiger partial charge in [0.1, 0.15) is 0 Å². The van der Waals surface area contributed by atoms with Gasteiger partial charge in [-0.3, -0.25) is 9.59 Å². The molecule has 25 heavy (non-hydrogen) atoms. The molecule has 0 amide bonds. The SMILES string of the molecule is CCCNCCn1c2c(c3ccccc3c1=O)C(=O)c1ccccc1-2. The molecule has 4 nitrogen and oxygen atoms in total. The van der Waals surface area contributed by atoms with Crippen molar-refractivity contribution in [3.63, 3.8) is 0 Å². The molecule has 1 N–H and O–H groups in total. The van der Waals surface area contributed by atoms with E-state index in [1.54, 1.807) is 4.57 Å². The second-order valence-corrected chi connectivity index (χ2v) is 6.35. The summed E-state index contributed by atoms with van der Waals surface area (Å²) in [5.41, 5.74) is 2.94. The van der Waals surface area contributed by atoms with Gasteiger partial charge in [-0.05, 0) is 19.0 Å². The Labute approximate surface area is 146 Å². The molecule has 0 fully saturated rings. The fourth-order valence-electron chi connectivity index (χ4n) is 3.64. The number of benzene rings is 2. The average molecular weight is 332 g/mol. The molecule has 0 bridgehead atoms. The van der Waals surface area contributed by atoms with E-state index in [0.29, 0.717) is 29.6 Å². The Kier molecular flexibility index (Phi) is 3.98. The van der Waals surface area contributed by atoms with E-state index in [1.807, 2.05) is 48.5 Å². The predicted octanol–water partition coefficient (Wildman–Crippen LogP) is 3.21. The van der Waals surface area contributed by atoms with Crippen molar-refractivity contribution in [2.75, 3.05) is 13.1 Å². The fraction of sp³-hybridized carbons (Fsp3) is 0.238. The van der Waals surface area contributed by atoms with Crippen molar-refractivity contribution in [2.24, 2.45) is 0 Å². The lowest BCUT2D eigenvalue weighted by Gasteiger charge is -2.15. The third kappa shape index (κ3) is 2.41. The maximum Gasteiger partial charge on any atom is 0.258 e. The van der Waals surface area contributed by atoms with Crippen LogP contribution in [0.4, 0.5) is 0 Å². The van der Waals surface area contributed by atoms with Crippen LogP contribution in [0.3, 0.4) is 0 Å². The van der Waals surface area contributed by atoms with Crippen LogP contribution >= 0.6 is 0 Å². The Morgan fingerprint density at radius 3 is 2.32 bits per heavy atom. The summed E-state index contributed by atoms with van der Waals surface area (Å²) in [6, 6.07) is 15.0. The Morgan fingerprint density at radius 2 is 1.56 bits per heavy atom. The topological polar surface area (TPSA) is 51.1 Å². The first kappa shape index (κ1) is 15.8. The van der Waals surface area contributed by atoms with E-state index < -0.39 is 0 Å². The lowest BCUT2D eigenvalue weighted by atomic mass is 10.0. The van der Waals surface area contributed by atoms with Gasteiger partial charge in [-0.2, -0.15) is 0 Å². The van der Waals surface area contributed by atoms with Gasteiger partial charge in [0, 0.05) is 35.0 Å². The first-order valence-electron chi connectivity index (χ1n) is 8.74. The highest BCUT2D eigenvalue weighted by Gasteiger charge is 2.31. The molecule has 0 radical (unpaired) electrons. The number of pyridine rings is 1. The Morgan fingerprint density at radius 1 is 0.880 bits per heavy atom. The van der Waals surface area contributed by atoms with E-state index in [-0.39, 0.29) is 11.3 Å². The van der Waals surface area contributed by atoms with Crippen molar-refractivity contribution >= 4 is 16.6 Å². The predicted molar refractivity (Wildman–Crippen MR) is 100 cm³/mol. The van der Waals surface area contributed by atoms with Crippen molar-refractivity contribution < 1.29 is 4.79 Å². The third-order valence-corrected chi connectivity index (χ3v) is 4.77. The average Bonchev–Trinajstić information content (AvgIpc) is 2.94. The number of nitrogens with one attached hydrogen (secondary N) is 1. The molecule has 1 aliphatic rings. The maximum atomic E-state index is 13.1. The van der Waals surface area contributed by atoms with Gasteiger partial charge in [0.25, 0.3) is 5.56 Å². The second kappa shape index (κ2) is 6.30. The van der Waals surface area contributed by atoms with E-state index in [0.717, 1.165) is 29.6 Å². The molecule has 4 rings (SSSR count). The number of ketones is 1. The zero-order valence-electron chi connectivity index (χ0n) is 14.2. The van der Waals surface area contributed by atoms with Gasteiger partial charge in [0.05, 0.1) is 11.3 Å². The molecule has 1 heterocycles. The van der Waals surface area contributed by atoms with Crippen LogP contribution in [0.15, 0.2) is 53.3 Å². The van der Waals surface area contributed by atoms with Crippen LogP contribution in [0.2, 0.25) is 0 Å². The van der Waals surface area contributed by atoms with Gasteiger partial charge in [0.2, 0.25) is 0 Å². The molecule has 1 aromatic heterocycles. The van der Waals surface area contributed by atoms with Crippen LogP contribution in [-0.2, 0) is 6.54 Å². The summed E-state index contributed by atoms with van der Waals surface area (Å²) in [6.45, 7) is 4.28. The monoisotopic (exact) mass is 332 g/mol. The molecule has 3 aromatic rings. The smallest absolute Gasteiger partial charge is 0.258 e. The zero-order chi connectivity index (χ0) is 17.4. The number of nitrogens with zero attached hydrogens (tertiary/aromatic N) is 1. The largest absolute Gasteiger partial charge is 0.315 e. The minimum absolute atomic E-state index is 0.0112. The molecule has 2 aromatic carbocycles. The van der Waals surface area contributed by atoms with Gasteiger partial charge in [-0.1, -0.05) is 49.4 Å². The zero-order valence-corrected chi connectivity index (χ0v) is 14.2. The summed E-state index contributed by atoms with van der Waals surface area (Å²) in [6.07, 6.45) is 1.05. The lowest BCUT2D eigenvalue weighted by molar-refractivity contribution is 0.104. The Balaban J connectivity index is 1.98. The third-order valence-electron chi connectivity index (χ3n) is 4.77. The number of hydrogen-bond acceptors (Lipinski definition) is 3. The van der Waals surface area contributed by atoms with Crippen LogP contribution in [0.5, 0.6) is 0 Å². The van der Waals surface area contributed by atoms with E-state index in [4.69, 9.17) is 0 Å². The lowest BCUT2D eigenvalue weighted by Crippen LogP contribution is -2.29. The highest BCUT2D eigenvalue weighted by molar-refractivity contribution is 6.26. The van der Waals surface area contributed by atoms with Crippen molar-refractivity contribution in [1.29, 1.82) is 0 Å². The molecule has 0 unspecified atom stereocenters. The minimum atomic E-state index is -0.0304. The molecule has 0 spiro atoms. The van der Waals surface area contributed by atoms with Crippen LogP contribution in [-0.4, -0.2) is 23.4 Å². The highest BCUT2D eigenvalue weighted by Crippen LogP contribution is 2.38. The van der Waals surface area contributed by atoms with Crippen molar-refractivity contribution in [2.45, 2.75) is 19.9 Å². The highest BCUT2D eigenvalue weighted by atomic mass is 16.1. The summed E-state index contributed by atoms with van der Waals surface area (Å²) in [4.78, 5) is 26.1. The van der Waals surface area contributed by atoms with Crippen LogP contribution in [0.25, 0.3) is 22.0 Å². The van der Waals surface area contributed by atoms with E-state index in [9.17, 15) is 9.59 Å². The second-order valence-electron chi connectivity index (χ2n) is 6.35. The van der Waals surface area contributed by atoms with Crippen molar-refractivity contribution in [1.82, 2.24) is 9.88 Å². The van der Waals surface area contributed by atoms with Gasteiger partial charge >= 0.3 is 0 Å². The first-order valence-corrected chi connectivity index (χ1v) is 8.74. The Bertz CT molecular complexity index is 1030. The number of rotatable bonds is 5. The fourth-order valence-corrected chi connectivity index (χ4v) is 3.64. The van der Waals surface area contributed by atoms with Gasteiger partial charge < -0.3 is 9.88 Å². The van der Waals surface area contributed by atoms with Crippen molar-refractivity contribution in [3.05, 3.63) is 70.0 Å². The van der Waals surface area contributed by atoms with E-state index >= 15 is 0 Å². The van der Waals surface area contributed by atoms with Crippen LogP contribution in [0, 0.1) is 0 Å². The molecule has 0 saturated heterocycles. The molecule has 0 aliphatic heterocycles. The number of aromatic nitrogens is 1. The van der Waals surface area contributed by atoms with Gasteiger partial charge in [0.15, 0.2) is 5.78 Å². The molecule has 1 aliphatic carbocycles. The quantitative estimate of drug-likeness (QED) is 0.571. The summed E-state index contributed by atoms with van der Waals surface area (Å²) < 4.78 is 1.77. The minimum Gasteiger partial charge on any atom is -0.315 e. The molecule has 0 saturated carbocycles. The van der Waals surface area contributed by atoms with E-state index in [1.165, 1.54) is 0 Å². The Hall–Kier alpha value is -2.72. The molecular formula is C21H20N2O2. The van der Waals surface area contributed by atoms with Gasteiger partial charge in [-0.15, -0.1) is 0 Å². The van der Waals surface area contributed by atoms with Gasteiger partial charge in [-0.25, -0.2) is 0 Å². The number of carbonyl (C=O) groups excluding carboxylic acids is 1. The summed E-state index contributed by atoms with van der Waals surface area (Å²) >= 11 is 0. The number of carbonyl (C=O) groups is 1. The normalized spacial score (nSPS) is 12.4.